The maximum Gasteiger partial charge on any atom is 0.224 e. The van der Waals surface area contributed by atoms with Gasteiger partial charge in [0.25, 0.3) is 0 Å². The molecule has 0 radical (unpaired) electrons. The Morgan fingerprint density at radius 1 is 1.07 bits per heavy atom. The molecule has 0 saturated carbocycles. The molecule has 3 rings (SSSR count). The summed E-state index contributed by atoms with van der Waals surface area (Å²) in [4.78, 5) is 14.7. The third-order valence-electron chi connectivity index (χ3n) is 4.82. The van der Waals surface area contributed by atoms with Crippen molar-refractivity contribution in [2.75, 3.05) is 19.6 Å². The number of likely N-dealkylation sites (N-methyl/N-ethyl adjacent to an activating group) is 1. The summed E-state index contributed by atoms with van der Waals surface area (Å²) in [6.07, 6.45) is 6.06. The number of nitrogens with zero attached hydrogens (tertiary/aromatic N) is 2. The lowest BCUT2D eigenvalue weighted by Crippen LogP contribution is -2.38. The second-order valence-electron chi connectivity index (χ2n) is 6.49. The largest absolute Gasteiger partial charge is 0.468 e. The van der Waals surface area contributed by atoms with Crippen molar-refractivity contribution in [2.24, 2.45) is 0 Å². The van der Waals surface area contributed by atoms with Gasteiger partial charge < -0.3 is 14.3 Å². The molecule has 0 aliphatic rings. The highest BCUT2D eigenvalue weighted by molar-refractivity contribution is 5.78. The Hall–Kier alpha value is -2.79. The zero-order valence-electron chi connectivity index (χ0n) is 16.0. The molecule has 1 aromatic carbocycles. The van der Waals surface area contributed by atoms with Gasteiger partial charge in [-0.15, -0.1) is 0 Å². The maximum absolute atomic E-state index is 12.4. The summed E-state index contributed by atoms with van der Waals surface area (Å²) in [5.41, 5.74) is 2.09. The minimum atomic E-state index is 0.0208. The smallest absolute Gasteiger partial charge is 0.224 e. The van der Waals surface area contributed by atoms with E-state index in [0.29, 0.717) is 13.0 Å². The molecule has 5 nitrogen and oxygen atoms in total. The van der Waals surface area contributed by atoms with E-state index in [-0.39, 0.29) is 11.9 Å². The normalized spacial score (nSPS) is 12.3. The highest BCUT2D eigenvalue weighted by Gasteiger charge is 2.21. The van der Waals surface area contributed by atoms with Gasteiger partial charge in [-0.05, 0) is 55.1 Å². The SMILES string of the molecule is CCN(CC)C(CNC(=O)Cc1ccc(-n2cccc2)cc1)c1ccco1. The van der Waals surface area contributed by atoms with Gasteiger partial charge >= 0.3 is 0 Å². The van der Waals surface area contributed by atoms with Gasteiger partial charge in [0.2, 0.25) is 5.91 Å². The van der Waals surface area contributed by atoms with E-state index in [9.17, 15) is 4.79 Å². The van der Waals surface area contributed by atoms with Crippen molar-refractivity contribution >= 4 is 5.91 Å². The van der Waals surface area contributed by atoms with E-state index in [1.807, 2.05) is 65.5 Å². The van der Waals surface area contributed by atoms with Gasteiger partial charge in [-0.3, -0.25) is 9.69 Å². The van der Waals surface area contributed by atoms with Crippen LogP contribution in [0.2, 0.25) is 0 Å². The molecule has 1 N–H and O–H groups in total. The third-order valence-corrected chi connectivity index (χ3v) is 4.82. The molecule has 0 spiro atoms. The van der Waals surface area contributed by atoms with Crippen LogP contribution in [-0.2, 0) is 11.2 Å². The lowest BCUT2D eigenvalue weighted by Gasteiger charge is -2.28. The number of benzene rings is 1. The van der Waals surface area contributed by atoms with E-state index < -0.39 is 0 Å². The Bertz CT molecular complexity index is 804. The molecule has 3 aromatic rings. The van der Waals surface area contributed by atoms with Gasteiger partial charge in [-0.1, -0.05) is 26.0 Å². The summed E-state index contributed by atoms with van der Waals surface area (Å²) in [6.45, 7) is 6.58. The zero-order valence-corrected chi connectivity index (χ0v) is 16.0. The molecule has 0 saturated heterocycles. The number of hydrogen-bond donors (Lipinski definition) is 1. The second kappa shape index (κ2) is 9.24. The predicted octanol–water partition coefficient (Wildman–Crippen LogP) is 3.81. The quantitative estimate of drug-likeness (QED) is 0.627. The van der Waals surface area contributed by atoms with Crippen LogP contribution < -0.4 is 5.32 Å². The number of amides is 1. The molecule has 0 fully saturated rings. The van der Waals surface area contributed by atoms with Crippen LogP contribution in [0.15, 0.2) is 71.6 Å². The van der Waals surface area contributed by atoms with Crippen LogP contribution in [0.5, 0.6) is 0 Å². The Morgan fingerprint density at radius 3 is 2.37 bits per heavy atom. The second-order valence-corrected chi connectivity index (χ2v) is 6.49. The lowest BCUT2D eigenvalue weighted by molar-refractivity contribution is -0.120. The van der Waals surface area contributed by atoms with E-state index in [0.717, 1.165) is 30.1 Å². The first-order valence-electron chi connectivity index (χ1n) is 9.47. The summed E-state index contributed by atoms with van der Waals surface area (Å²) in [6, 6.07) is 16.0. The third kappa shape index (κ3) is 4.89. The lowest BCUT2D eigenvalue weighted by atomic mass is 10.1. The summed E-state index contributed by atoms with van der Waals surface area (Å²) in [7, 11) is 0. The van der Waals surface area contributed by atoms with Crippen LogP contribution >= 0.6 is 0 Å². The summed E-state index contributed by atoms with van der Waals surface area (Å²) in [5, 5.41) is 3.06. The molecule has 0 aliphatic carbocycles. The van der Waals surface area contributed by atoms with Crippen LogP contribution in [0.25, 0.3) is 5.69 Å². The summed E-state index contributed by atoms with van der Waals surface area (Å²) < 4.78 is 7.63. The van der Waals surface area contributed by atoms with E-state index in [2.05, 4.69) is 24.1 Å². The van der Waals surface area contributed by atoms with Crippen molar-refractivity contribution in [1.29, 1.82) is 0 Å². The summed E-state index contributed by atoms with van der Waals surface area (Å²) in [5.74, 6) is 0.905. The standard InChI is InChI=1S/C22H27N3O2/c1-3-24(4-2)20(21-8-7-15-27-21)17-23-22(26)16-18-9-11-19(12-10-18)25-13-5-6-14-25/h5-15,20H,3-4,16-17H2,1-2H3,(H,23,26). The number of furan rings is 1. The molecule has 0 bridgehead atoms. The first-order valence-corrected chi connectivity index (χ1v) is 9.47. The van der Waals surface area contributed by atoms with Crippen molar-refractivity contribution in [2.45, 2.75) is 26.3 Å². The van der Waals surface area contributed by atoms with Gasteiger partial charge in [-0.25, -0.2) is 0 Å². The maximum atomic E-state index is 12.4. The van der Waals surface area contributed by atoms with Crippen LogP contribution in [-0.4, -0.2) is 35.0 Å². The van der Waals surface area contributed by atoms with E-state index in [1.165, 1.54) is 0 Å². The van der Waals surface area contributed by atoms with Gasteiger partial charge in [0.05, 0.1) is 18.7 Å². The Morgan fingerprint density at radius 2 is 1.78 bits per heavy atom. The predicted molar refractivity (Wildman–Crippen MR) is 107 cm³/mol. The number of carbonyl (C=O) groups excluding carboxylic acids is 1. The van der Waals surface area contributed by atoms with Crippen LogP contribution in [0.1, 0.15) is 31.2 Å². The Labute approximate surface area is 160 Å². The molecule has 142 valence electrons. The van der Waals surface area contributed by atoms with Crippen LogP contribution in [0.3, 0.4) is 0 Å². The molecule has 1 atom stereocenters. The number of carbonyl (C=O) groups is 1. The number of nitrogens with one attached hydrogen (secondary N) is 1. The summed E-state index contributed by atoms with van der Waals surface area (Å²) >= 11 is 0. The average molecular weight is 365 g/mol. The minimum absolute atomic E-state index is 0.0208. The topological polar surface area (TPSA) is 50.4 Å². The molecular formula is C22H27N3O2. The number of aromatic nitrogens is 1. The van der Waals surface area contributed by atoms with Crippen molar-refractivity contribution in [3.63, 3.8) is 0 Å². The number of rotatable bonds is 9. The average Bonchev–Trinajstić information content (AvgIpc) is 3.39. The fourth-order valence-electron chi connectivity index (χ4n) is 3.31. The van der Waals surface area contributed by atoms with Crippen molar-refractivity contribution in [1.82, 2.24) is 14.8 Å². The molecule has 27 heavy (non-hydrogen) atoms. The Balaban J connectivity index is 1.58. The molecular weight excluding hydrogens is 338 g/mol. The fraction of sp³-hybridized carbons (Fsp3) is 0.318. The molecule has 1 unspecified atom stereocenters. The van der Waals surface area contributed by atoms with Crippen molar-refractivity contribution < 1.29 is 9.21 Å². The first-order chi connectivity index (χ1) is 13.2. The van der Waals surface area contributed by atoms with Crippen LogP contribution in [0, 0.1) is 0 Å². The highest BCUT2D eigenvalue weighted by atomic mass is 16.3. The van der Waals surface area contributed by atoms with Crippen molar-refractivity contribution in [3.05, 3.63) is 78.5 Å². The van der Waals surface area contributed by atoms with Crippen molar-refractivity contribution in [3.8, 4) is 5.69 Å². The first kappa shape index (κ1) is 19.0. The molecule has 1 amide bonds. The van der Waals surface area contributed by atoms with E-state index in [1.54, 1.807) is 6.26 Å². The minimum Gasteiger partial charge on any atom is -0.468 e. The van der Waals surface area contributed by atoms with Gasteiger partial charge in [0, 0.05) is 24.6 Å². The fourth-order valence-corrected chi connectivity index (χ4v) is 3.31. The van der Waals surface area contributed by atoms with E-state index >= 15 is 0 Å². The van der Waals surface area contributed by atoms with E-state index in [4.69, 9.17) is 4.42 Å². The monoisotopic (exact) mass is 365 g/mol. The zero-order chi connectivity index (χ0) is 19.1. The molecule has 2 aromatic heterocycles. The highest BCUT2D eigenvalue weighted by Crippen LogP contribution is 2.20. The molecule has 2 heterocycles. The van der Waals surface area contributed by atoms with Gasteiger partial charge in [-0.2, -0.15) is 0 Å². The molecule has 0 aliphatic heterocycles. The molecule has 5 heteroatoms. The van der Waals surface area contributed by atoms with Crippen LogP contribution in [0.4, 0.5) is 0 Å². The van der Waals surface area contributed by atoms with Gasteiger partial charge in [0.1, 0.15) is 5.76 Å². The number of hydrogen-bond acceptors (Lipinski definition) is 3. The Kier molecular flexibility index (Phi) is 6.49. The van der Waals surface area contributed by atoms with Gasteiger partial charge in [0.15, 0.2) is 0 Å².